The van der Waals surface area contributed by atoms with E-state index in [2.05, 4.69) is 0 Å². The second-order valence-corrected chi connectivity index (χ2v) is 5.10. The molecule has 1 atom stereocenters. The highest BCUT2D eigenvalue weighted by molar-refractivity contribution is 6.00. The fourth-order valence-corrected chi connectivity index (χ4v) is 2.57. The van der Waals surface area contributed by atoms with Gasteiger partial charge in [0.25, 0.3) is 0 Å². The molecule has 1 aliphatic rings. The molecule has 1 heterocycles. The van der Waals surface area contributed by atoms with Gasteiger partial charge in [-0.15, -0.1) is 0 Å². The zero-order chi connectivity index (χ0) is 14.2. The van der Waals surface area contributed by atoms with E-state index in [-0.39, 0.29) is 17.9 Å². The fraction of sp³-hybridized carbons (Fsp3) is 0.467. The van der Waals surface area contributed by atoms with Crippen molar-refractivity contribution in [3.63, 3.8) is 0 Å². The van der Waals surface area contributed by atoms with Crippen LogP contribution in [0.5, 0.6) is 0 Å². The highest BCUT2D eigenvalue weighted by Gasteiger charge is 2.34. The molecule has 0 saturated carbocycles. The van der Waals surface area contributed by atoms with Crippen LogP contribution >= 0.6 is 0 Å². The summed E-state index contributed by atoms with van der Waals surface area (Å²) in [6.45, 7) is 8.53. The van der Waals surface area contributed by atoms with Crippen molar-refractivity contribution in [1.29, 1.82) is 0 Å². The average molecular weight is 260 g/mol. The number of hydrogen-bond donors (Lipinski definition) is 0. The van der Waals surface area contributed by atoms with Gasteiger partial charge in [-0.3, -0.25) is 9.59 Å². The van der Waals surface area contributed by atoms with Gasteiger partial charge in [-0.05, 0) is 38.0 Å². The van der Waals surface area contributed by atoms with Gasteiger partial charge in [0.1, 0.15) is 6.04 Å². The number of hydrogen-bond acceptors (Lipinski definition) is 2. The maximum absolute atomic E-state index is 12.4. The summed E-state index contributed by atoms with van der Waals surface area (Å²) in [6.07, 6.45) is 0. The molecule has 0 bridgehead atoms. The van der Waals surface area contributed by atoms with E-state index in [0.29, 0.717) is 13.1 Å². The molecule has 4 heteroatoms. The Kier molecular flexibility index (Phi) is 3.60. The van der Waals surface area contributed by atoms with Crippen LogP contribution < -0.4 is 4.90 Å². The molecular weight excluding hydrogens is 240 g/mol. The SMILES string of the molecule is CC(=O)N1CCN(c2cccc(C)c2C)C(=O)C1C. The lowest BCUT2D eigenvalue weighted by atomic mass is 10.0. The zero-order valence-electron chi connectivity index (χ0n) is 11.9. The van der Waals surface area contributed by atoms with Crippen LogP contribution in [0.3, 0.4) is 0 Å². The first-order valence-electron chi connectivity index (χ1n) is 6.58. The van der Waals surface area contributed by atoms with Crippen LogP contribution in [0.15, 0.2) is 18.2 Å². The Balaban J connectivity index is 2.31. The van der Waals surface area contributed by atoms with E-state index in [4.69, 9.17) is 0 Å². The molecule has 19 heavy (non-hydrogen) atoms. The Morgan fingerprint density at radius 1 is 1.26 bits per heavy atom. The lowest BCUT2D eigenvalue weighted by Crippen LogP contribution is -2.57. The van der Waals surface area contributed by atoms with Gasteiger partial charge in [0.15, 0.2) is 0 Å². The van der Waals surface area contributed by atoms with Crippen LogP contribution in [0.2, 0.25) is 0 Å². The lowest BCUT2D eigenvalue weighted by Gasteiger charge is -2.39. The fourth-order valence-electron chi connectivity index (χ4n) is 2.57. The number of carbonyl (C=O) groups is 2. The predicted molar refractivity (Wildman–Crippen MR) is 75.1 cm³/mol. The second kappa shape index (κ2) is 5.03. The number of anilines is 1. The molecule has 1 aromatic carbocycles. The summed E-state index contributed by atoms with van der Waals surface area (Å²) in [7, 11) is 0. The van der Waals surface area contributed by atoms with Gasteiger partial charge in [0.2, 0.25) is 11.8 Å². The Labute approximate surface area is 114 Å². The topological polar surface area (TPSA) is 40.6 Å². The van der Waals surface area contributed by atoms with Crippen LogP contribution in [-0.2, 0) is 9.59 Å². The maximum Gasteiger partial charge on any atom is 0.249 e. The number of amides is 2. The monoisotopic (exact) mass is 260 g/mol. The molecule has 4 nitrogen and oxygen atoms in total. The first kappa shape index (κ1) is 13.6. The second-order valence-electron chi connectivity index (χ2n) is 5.10. The molecule has 0 aliphatic carbocycles. The van der Waals surface area contributed by atoms with E-state index >= 15 is 0 Å². The van der Waals surface area contributed by atoms with Crippen molar-refractivity contribution >= 4 is 17.5 Å². The van der Waals surface area contributed by atoms with E-state index in [0.717, 1.165) is 11.3 Å². The van der Waals surface area contributed by atoms with Crippen molar-refractivity contribution in [2.75, 3.05) is 18.0 Å². The summed E-state index contributed by atoms with van der Waals surface area (Å²) in [5, 5.41) is 0. The Bertz CT molecular complexity index is 525. The van der Waals surface area contributed by atoms with Crippen LogP contribution in [0.4, 0.5) is 5.69 Å². The van der Waals surface area contributed by atoms with Crippen molar-refractivity contribution in [3.05, 3.63) is 29.3 Å². The Hall–Kier alpha value is -1.84. The van der Waals surface area contributed by atoms with Gasteiger partial charge >= 0.3 is 0 Å². The Morgan fingerprint density at radius 3 is 2.58 bits per heavy atom. The standard InChI is InChI=1S/C15H20N2O2/c1-10-6-5-7-14(11(10)2)17-9-8-16(13(4)18)12(3)15(17)19/h5-7,12H,8-9H2,1-4H3. The Morgan fingerprint density at radius 2 is 1.95 bits per heavy atom. The summed E-state index contributed by atoms with van der Waals surface area (Å²) >= 11 is 0. The van der Waals surface area contributed by atoms with Crippen LogP contribution in [-0.4, -0.2) is 35.8 Å². The number of nitrogens with zero attached hydrogens (tertiary/aromatic N) is 2. The van der Waals surface area contributed by atoms with Crippen LogP contribution in [0.1, 0.15) is 25.0 Å². The van der Waals surface area contributed by atoms with Crippen LogP contribution in [0, 0.1) is 13.8 Å². The minimum absolute atomic E-state index is 0.00449. The molecule has 1 unspecified atom stereocenters. The maximum atomic E-state index is 12.4. The summed E-state index contributed by atoms with van der Waals surface area (Å²) in [6, 6.07) is 5.59. The number of aryl methyl sites for hydroxylation is 1. The molecule has 1 aromatic rings. The number of carbonyl (C=O) groups excluding carboxylic acids is 2. The molecular formula is C15H20N2O2. The molecule has 2 rings (SSSR count). The molecule has 2 amide bonds. The number of piperazine rings is 1. The first-order valence-corrected chi connectivity index (χ1v) is 6.58. The van der Waals surface area contributed by atoms with Crippen molar-refractivity contribution in [3.8, 4) is 0 Å². The number of rotatable bonds is 1. The molecule has 1 saturated heterocycles. The molecule has 0 spiro atoms. The third kappa shape index (κ3) is 2.35. The molecule has 1 fully saturated rings. The third-order valence-electron chi connectivity index (χ3n) is 3.93. The quantitative estimate of drug-likeness (QED) is 0.773. The molecule has 0 N–H and O–H groups in total. The summed E-state index contributed by atoms with van der Waals surface area (Å²) in [5.41, 5.74) is 3.26. The molecule has 102 valence electrons. The van der Waals surface area contributed by atoms with E-state index < -0.39 is 0 Å². The highest BCUT2D eigenvalue weighted by atomic mass is 16.2. The van der Waals surface area contributed by atoms with Gasteiger partial charge in [-0.2, -0.15) is 0 Å². The van der Waals surface area contributed by atoms with Crippen molar-refractivity contribution in [1.82, 2.24) is 4.90 Å². The normalized spacial score (nSPS) is 19.8. The molecule has 0 radical (unpaired) electrons. The van der Waals surface area contributed by atoms with Gasteiger partial charge < -0.3 is 9.80 Å². The zero-order valence-corrected chi connectivity index (χ0v) is 11.9. The minimum Gasteiger partial charge on any atom is -0.329 e. The largest absolute Gasteiger partial charge is 0.329 e. The van der Waals surface area contributed by atoms with E-state index in [1.54, 1.807) is 16.7 Å². The van der Waals surface area contributed by atoms with Crippen molar-refractivity contribution in [2.24, 2.45) is 0 Å². The van der Waals surface area contributed by atoms with E-state index in [1.165, 1.54) is 12.5 Å². The smallest absolute Gasteiger partial charge is 0.249 e. The van der Waals surface area contributed by atoms with Gasteiger partial charge in [0, 0.05) is 25.7 Å². The van der Waals surface area contributed by atoms with E-state index in [9.17, 15) is 9.59 Å². The first-order chi connectivity index (χ1) is 8.93. The van der Waals surface area contributed by atoms with Gasteiger partial charge in [-0.1, -0.05) is 12.1 Å². The van der Waals surface area contributed by atoms with E-state index in [1.807, 2.05) is 32.0 Å². The summed E-state index contributed by atoms with van der Waals surface area (Å²) in [4.78, 5) is 27.3. The lowest BCUT2D eigenvalue weighted by molar-refractivity contribution is -0.139. The minimum atomic E-state index is -0.383. The van der Waals surface area contributed by atoms with Crippen LogP contribution in [0.25, 0.3) is 0 Å². The summed E-state index contributed by atoms with van der Waals surface area (Å²) < 4.78 is 0. The summed E-state index contributed by atoms with van der Waals surface area (Å²) in [5.74, 6) is -0.0448. The third-order valence-corrected chi connectivity index (χ3v) is 3.93. The van der Waals surface area contributed by atoms with Crippen molar-refractivity contribution < 1.29 is 9.59 Å². The van der Waals surface area contributed by atoms with Crippen molar-refractivity contribution in [2.45, 2.75) is 33.7 Å². The average Bonchev–Trinajstić information content (AvgIpc) is 2.36. The number of benzene rings is 1. The van der Waals surface area contributed by atoms with Gasteiger partial charge in [-0.25, -0.2) is 0 Å². The molecule has 0 aromatic heterocycles. The molecule has 1 aliphatic heterocycles. The van der Waals surface area contributed by atoms with Gasteiger partial charge in [0.05, 0.1) is 0 Å². The predicted octanol–water partition coefficient (Wildman–Crippen LogP) is 1.89. The highest BCUT2D eigenvalue weighted by Crippen LogP contribution is 2.26.